The van der Waals surface area contributed by atoms with Crippen molar-refractivity contribution in [2.24, 2.45) is 0 Å². The van der Waals surface area contributed by atoms with E-state index < -0.39 is 0 Å². The summed E-state index contributed by atoms with van der Waals surface area (Å²) in [7, 11) is 0. The molecule has 0 aliphatic heterocycles. The van der Waals surface area contributed by atoms with Gasteiger partial charge >= 0.3 is 0 Å². The van der Waals surface area contributed by atoms with E-state index in [0.717, 1.165) is 17.4 Å². The molecule has 2 heterocycles. The van der Waals surface area contributed by atoms with Crippen LogP contribution in [0.15, 0.2) is 24.4 Å². The third-order valence-electron chi connectivity index (χ3n) is 2.63. The predicted molar refractivity (Wildman–Crippen MR) is 72.7 cm³/mol. The van der Waals surface area contributed by atoms with Gasteiger partial charge in [0, 0.05) is 17.6 Å². The van der Waals surface area contributed by atoms with Crippen LogP contribution in [0.1, 0.15) is 30.5 Å². The Labute approximate surface area is 110 Å². The van der Waals surface area contributed by atoms with Crippen LogP contribution in [0, 0.1) is 0 Å². The zero-order valence-corrected chi connectivity index (χ0v) is 11.6. The van der Waals surface area contributed by atoms with Crippen molar-refractivity contribution >= 4 is 22.9 Å². The minimum atomic E-state index is 0.181. The van der Waals surface area contributed by atoms with Gasteiger partial charge in [0.15, 0.2) is 0 Å². The molecule has 0 aliphatic rings. The number of hydrogen-bond acceptors (Lipinski definition) is 3. The van der Waals surface area contributed by atoms with Crippen LogP contribution >= 0.6 is 22.9 Å². The molecule has 1 atom stereocenters. The van der Waals surface area contributed by atoms with Crippen molar-refractivity contribution in [1.29, 1.82) is 0 Å². The molecule has 2 aromatic rings. The van der Waals surface area contributed by atoms with Crippen molar-refractivity contribution in [3.8, 4) is 0 Å². The quantitative estimate of drug-likeness (QED) is 0.902. The lowest BCUT2D eigenvalue weighted by molar-refractivity contribution is 0.547. The lowest BCUT2D eigenvalue weighted by Gasteiger charge is -2.17. The summed E-state index contributed by atoms with van der Waals surface area (Å²) in [6.07, 6.45) is 1.85. The van der Waals surface area contributed by atoms with Crippen molar-refractivity contribution in [2.45, 2.75) is 26.4 Å². The van der Waals surface area contributed by atoms with E-state index in [-0.39, 0.29) is 6.04 Å². The average Bonchev–Trinajstić information content (AvgIpc) is 2.94. The number of aryl methyl sites for hydroxylation is 1. The molecule has 2 aromatic heterocycles. The van der Waals surface area contributed by atoms with Gasteiger partial charge in [0.25, 0.3) is 0 Å². The maximum absolute atomic E-state index is 6.01. The SMILES string of the molecule is CCNC(c1ccc(Cl)s1)c1ccnn1CC. The molecule has 1 N–H and O–H groups in total. The Kier molecular flexibility index (Phi) is 4.20. The van der Waals surface area contributed by atoms with Crippen molar-refractivity contribution in [2.75, 3.05) is 6.54 Å². The van der Waals surface area contributed by atoms with Crippen LogP contribution < -0.4 is 5.32 Å². The van der Waals surface area contributed by atoms with E-state index in [0.29, 0.717) is 0 Å². The van der Waals surface area contributed by atoms with Crippen LogP contribution in [0.2, 0.25) is 4.34 Å². The van der Waals surface area contributed by atoms with E-state index >= 15 is 0 Å². The standard InChI is InChI=1S/C12H16ClN3S/c1-3-14-12(10-5-6-11(13)17-10)9-7-8-15-16(9)4-2/h5-8,12,14H,3-4H2,1-2H3. The second-order valence-electron chi connectivity index (χ2n) is 3.70. The fourth-order valence-electron chi connectivity index (χ4n) is 1.89. The number of halogens is 1. The minimum absolute atomic E-state index is 0.181. The molecule has 0 aromatic carbocycles. The monoisotopic (exact) mass is 269 g/mol. The molecule has 0 amide bonds. The molecule has 0 fully saturated rings. The van der Waals surface area contributed by atoms with Gasteiger partial charge in [-0.2, -0.15) is 5.10 Å². The van der Waals surface area contributed by atoms with Crippen molar-refractivity contribution < 1.29 is 0 Å². The van der Waals surface area contributed by atoms with Gasteiger partial charge in [-0.1, -0.05) is 18.5 Å². The average molecular weight is 270 g/mol. The fourth-order valence-corrected chi connectivity index (χ4v) is 3.04. The van der Waals surface area contributed by atoms with Crippen LogP contribution in [0.25, 0.3) is 0 Å². The summed E-state index contributed by atoms with van der Waals surface area (Å²) in [5.74, 6) is 0. The molecule has 17 heavy (non-hydrogen) atoms. The van der Waals surface area contributed by atoms with Gasteiger partial charge in [0.1, 0.15) is 0 Å². The highest BCUT2D eigenvalue weighted by molar-refractivity contribution is 7.16. The number of rotatable bonds is 5. The first kappa shape index (κ1) is 12.6. The molecule has 0 radical (unpaired) electrons. The van der Waals surface area contributed by atoms with Gasteiger partial charge in [-0.05, 0) is 31.7 Å². The molecule has 0 saturated heterocycles. The van der Waals surface area contributed by atoms with Crippen LogP contribution in [0.4, 0.5) is 0 Å². The Hall–Kier alpha value is -0.840. The van der Waals surface area contributed by atoms with Crippen molar-refractivity contribution in [3.63, 3.8) is 0 Å². The first-order valence-corrected chi connectivity index (χ1v) is 6.96. The minimum Gasteiger partial charge on any atom is -0.305 e. The Morgan fingerprint density at radius 1 is 1.41 bits per heavy atom. The summed E-state index contributed by atoms with van der Waals surface area (Å²) in [5.41, 5.74) is 1.19. The van der Waals surface area contributed by atoms with Gasteiger partial charge < -0.3 is 5.32 Å². The molecular weight excluding hydrogens is 254 g/mol. The molecule has 5 heteroatoms. The van der Waals surface area contributed by atoms with Gasteiger partial charge in [0.05, 0.1) is 16.1 Å². The Bertz CT molecular complexity index is 478. The molecule has 2 rings (SSSR count). The smallest absolute Gasteiger partial charge is 0.0931 e. The molecule has 0 saturated carbocycles. The van der Waals surface area contributed by atoms with E-state index in [1.165, 1.54) is 10.6 Å². The van der Waals surface area contributed by atoms with Gasteiger partial charge in [0.2, 0.25) is 0 Å². The first-order chi connectivity index (χ1) is 8.26. The Morgan fingerprint density at radius 3 is 2.82 bits per heavy atom. The first-order valence-electron chi connectivity index (χ1n) is 5.76. The summed E-state index contributed by atoms with van der Waals surface area (Å²) in [4.78, 5) is 1.23. The van der Waals surface area contributed by atoms with E-state index in [1.54, 1.807) is 11.3 Å². The zero-order chi connectivity index (χ0) is 12.3. The largest absolute Gasteiger partial charge is 0.305 e. The molecule has 0 bridgehead atoms. The normalized spacial score (nSPS) is 12.9. The molecule has 0 spiro atoms. The van der Waals surface area contributed by atoms with E-state index in [2.05, 4.69) is 36.4 Å². The van der Waals surface area contributed by atoms with Crippen molar-refractivity contribution in [1.82, 2.24) is 15.1 Å². The maximum atomic E-state index is 6.01. The molecule has 1 unspecified atom stereocenters. The van der Waals surface area contributed by atoms with Crippen molar-refractivity contribution in [3.05, 3.63) is 39.3 Å². The Morgan fingerprint density at radius 2 is 2.24 bits per heavy atom. The predicted octanol–water partition coefficient (Wildman–Crippen LogP) is 3.32. The van der Waals surface area contributed by atoms with Crippen LogP contribution in [0.5, 0.6) is 0 Å². The highest BCUT2D eigenvalue weighted by Crippen LogP contribution is 2.30. The van der Waals surface area contributed by atoms with Crippen LogP contribution in [-0.4, -0.2) is 16.3 Å². The second-order valence-corrected chi connectivity index (χ2v) is 5.45. The van der Waals surface area contributed by atoms with Gasteiger partial charge in [-0.25, -0.2) is 0 Å². The summed E-state index contributed by atoms with van der Waals surface area (Å²) in [6, 6.07) is 6.26. The number of nitrogens with zero attached hydrogens (tertiary/aromatic N) is 2. The van der Waals surface area contributed by atoms with Crippen LogP contribution in [-0.2, 0) is 6.54 Å². The third-order valence-corrected chi connectivity index (χ3v) is 3.93. The fraction of sp³-hybridized carbons (Fsp3) is 0.417. The molecular formula is C12H16ClN3S. The molecule has 0 aliphatic carbocycles. The lowest BCUT2D eigenvalue weighted by Crippen LogP contribution is -2.24. The van der Waals surface area contributed by atoms with E-state index in [9.17, 15) is 0 Å². The summed E-state index contributed by atoms with van der Waals surface area (Å²) >= 11 is 7.62. The molecule has 3 nitrogen and oxygen atoms in total. The number of hydrogen-bond donors (Lipinski definition) is 1. The highest BCUT2D eigenvalue weighted by atomic mass is 35.5. The maximum Gasteiger partial charge on any atom is 0.0931 e. The Balaban J connectivity index is 2.35. The number of aromatic nitrogens is 2. The topological polar surface area (TPSA) is 29.9 Å². The molecule has 92 valence electrons. The third kappa shape index (κ3) is 2.70. The van der Waals surface area contributed by atoms with Crippen LogP contribution in [0.3, 0.4) is 0 Å². The van der Waals surface area contributed by atoms with Gasteiger partial charge in [-0.15, -0.1) is 11.3 Å². The number of nitrogens with one attached hydrogen (secondary N) is 1. The van der Waals surface area contributed by atoms with E-state index in [1.807, 2.05) is 16.9 Å². The van der Waals surface area contributed by atoms with Gasteiger partial charge in [-0.3, -0.25) is 4.68 Å². The number of thiophene rings is 1. The summed E-state index contributed by atoms with van der Waals surface area (Å²) < 4.78 is 2.84. The zero-order valence-electron chi connectivity index (χ0n) is 9.98. The lowest BCUT2D eigenvalue weighted by atomic mass is 10.1. The highest BCUT2D eigenvalue weighted by Gasteiger charge is 2.18. The summed E-state index contributed by atoms with van der Waals surface area (Å²) in [6.45, 7) is 5.99. The van der Waals surface area contributed by atoms with E-state index in [4.69, 9.17) is 11.6 Å². The summed E-state index contributed by atoms with van der Waals surface area (Å²) in [5, 5.41) is 7.80. The second kappa shape index (κ2) is 5.67.